The lowest BCUT2D eigenvalue weighted by Crippen LogP contribution is -2.54. The minimum Gasteiger partial charge on any atom is -0.453 e. The Kier molecular flexibility index (Phi) is 6.59. The number of amides is 2. The molecule has 8 heteroatoms. The van der Waals surface area contributed by atoms with Gasteiger partial charge in [0.15, 0.2) is 0 Å². The van der Waals surface area contributed by atoms with Gasteiger partial charge in [-0.3, -0.25) is 9.79 Å². The van der Waals surface area contributed by atoms with E-state index in [9.17, 15) is 9.59 Å². The number of rotatable bonds is 5. The van der Waals surface area contributed by atoms with Crippen LogP contribution in [0.2, 0.25) is 0 Å². The molecule has 3 rings (SSSR count). The van der Waals surface area contributed by atoms with Crippen LogP contribution in [0.25, 0.3) is 0 Å². The van der Waals surface area contributed by atoms with Crippen molar-refractivity contribution in [2.75, 3.05) is 20.2 Å². The molecule has 2 amide bonds. The second kappa shape index (κ2) is 8.94. The highest BCUT2D eigenvalue weighted by Gasteiger charge is 2.39. The number of hydrogen-bond acceptors (Lipinski definition) is 5. The number of likely N-dealkylation sites (tertiary alicyclic amines) is 1. The number of halogens is 1. The maximum absolute atomic E-state index is 13.2. The number of methoxy groups -OCH3 is 1. The summed E-state index contributed by atoms with van der Waals surface area (Å²) in [5.41, 5.74) is 1.17. The summed E-state index contributed by atoms with van der Waals surface area (Å²) in [6, 6.07) is 7.62. The molecule has 2 aliphatic rings. The molecule has 3 unspecified atom stereocenters. The Hall–Kier alpha value is -2.09. The Balaban J connectivity index is 1.69. The highest BCUT2D eigenvalue weighted by atomic mass is 79.9. The van der Waals surface area contributed by atoms with Crippen molar-refractivity contribution in [3.8, 4) is 0 Å². The molecule has 0 spiro atoms. The number of nitrogens with one attached hydrogen (secondary N) is 2. The third-order valence-electron chi connectivity index (χ3n) is 5.28. The van der Waals surface area contributed by atoms with Gasteiger partial charge in [-0.05, 0) is 36.5 Å². The maximum atomic E-state index is 13.2. The van der Waals surface area contributed by atoms with E-state index in [4.69, 9.17) is 4.99 Å². The molecular weight excluding hydrogens is 424 g/mol. The molecule has 0 aromatic heterocycles. The fraction of sp³-hybridized carbons (Fsp3) is 0.550. The molecule has 1 aromatic carbocycles. The second-order valence-corrected chi connectivity index (χ2v) is 8.44. The summed E-state index contributed by atoms with van der Waals surface area (Å²) in [6.45, 7) is 5.15. The Morgan fingerprint density at radius 2 is 2.04 bits per heavy atom. The molecule has 0 saturated carbocycles. The molecule has 7 nitrogen and oxygen atoms in total. The van der Waals surface area contributed by atoms with E-state index >= 15 is 0 Å². The van der Waals surface area contributed by atoms with Crippen molar-refractivity contribution in [1.82, 2.24) is 15.5 Å². The number of ether oxygens (including phenoxy) is 1. The number of carbonyl (C=O) groups is 2. The van der Waals surface area contributed by atoms with Gasteiger partial charge in [0.1, 0.15) is 11.9 Å². The Morgan fingerprint density at radius 1 is 1.32 bits per heavy atom. The van der Waals surface area contributed by atoms with Gasteiger partial charge < -0.3 is 20.3 Å². The van der Waals surface area contributed by atoms with Gasteiger partial charge in [-0.15, -0.1) is 0 Å². The summed E-state index contributed by atoms with van der Waals surface area (Å²) in [5, 5.41) is 6.18. The number of hydrogen-bond donors (Lipinski definition) is 2. The number of carbonyl (C=O) groups excluding carboxylic acids is 2. The summed E-state index contributed by atoms with van der Waals surface area (Å²) in [5.74, 6) is 0.737. The summed E-state index contributed by atoms with van der Waals surface area (Å²) < 4.78 is 5.72. The standard InChI is InChI=1S/C20H27BrN4O3/c1-12(2)17(24-20(27)28-3)19(26)25-10-4-5-16(25)18-22-11-15(23-18)13-6-8-14(21)9-7-13/h6-9,12,15-17H,4-5,10-11H2,1-3H3,(H,22,23)(H,24,27). The van der Waals surface area contributed by atoms with Gasteiger partial charge in [0, 0.05) is 11.0 Å². The zero-order valence-electron chi connectivity index (χ0n) is 16.4. The SMILES string of the molecule is COC(=O)NC(C(=O)N1CCCC1C1=NCC(c2ccc(Br)cc2)N1)C(C)C. The Bertz CT molecular complexity index is 750. The van der Waals surface area contributed by atoms with Crippen LogP contribution in [0, 0.1) is 5.92 Å². The average Bonchev–Trinajstić information content (AvgIpc) is 3.34. The van der Waals surface area contributed by atoms with E-state index in [-0.39, 0.29) is 23.9 Å². The topological polar surface area (TPSA) is 83.0 Å². The highest BCUT2D eigenvalue weighted by Crippen LogP contribution is 2.26. The number of aliphatic imine (C=N–C) groups is 1. The van der Waals surface area contributed by atoms with Gasteiger partial charge in [-0.1, -0.05) is 41.9 Å². The third kappa shape index (κ3) is 4.48. The molecule has 1 fully saturated rings. The largest absolute Gasteiger partial charge is 0.453 e. The smallest absolute Gasteiger partial charge is 0.407 e. The zero-order chi connectivity index (χ0) is 20.3. The molecular formula is C20H27BrN4O3. The summed E-state index contributed by atoms with van der Waals surface area (Å²) in [6.07, 6.45) is 1.20. The fourth-order valence-corrected chi connectivity index (χ4v) is 4.00. The van der Waals surface area contributed by atoms with Crippen LogP contribution >= 0.6 is 15.9 Å². The van der Waals surface area contributed by atoms with Crippen LogP contribution in [0.1, 0.15) is 38.3 Å². The highest BCUT2D eigenvalue weighted by molar-refractivity contribution is 9.10. The first-order valence-electron chi connectivity index (χ1n) is 9.62. The summed E-state index contributed by atoms with van der Waals surface area (Å²) in [7, 11) is 1.30. The van der Waals surface area contributed by atoms with E-state index < -0.39 is 12.1 Å². The molecule has 2 aliphatic heterocycles. The molecule has 152 valence electrons. The Labute approximate surface area is 174 Å². The van der Waals surface area contributed by atoms with Crippen LogP contribution in [-0.4, -0.2) is 55.0 Å². The summed E-state index contributed by atoms with van der Waals surface area (Å²) in [4.78, 5) is 31.4. The van der Waals surface area contributed by atoms with Crippen LogP contribution in [-0.2, 0) is 9.53 Å². The van der Waals surface area contributed by atoms with Crippen LogP contribution in [0.4, 0.5) is 4.79 Å². The number of alkyl carbamates (subject to hydrolysis) is 1. The van der Waals surface area contributed by atoms with Crippen molar-refractivity contribution in [2.24, 2.45) is 10.9 Å². The number of benzene rings is 1. The van der Waals surface area contributed by atoms with Gasteiger partial charge in [0.25, 0.3) is 0 Å². The predicted molar refractivity (Wildman–Crippen MR) is 111 cm³/mol. The monoisotopic (exact) mass is 450 g/mol. The minimum absolute atomic E-state index is 0.0400. The van der Waals surface area contributed by atoms with Crippen molar-refractivity contribution in [2.45, 2.75) is 44.8 Å². The van der Waals surface area contributed by atoms with Crippen LogP contribution in [0.5, 0.6) is 0 Å². The van der Waals surface area contributed by atoms with Gasteiger partial charge in [-0.2, -0.15) is 0 Å². The van der Waals surface area contributed by atoms with E-state index in [2.05, 4.69) is 43.4 Å². The van der Waals surface area contributed by atoms with E-state index in [1.807, 2.05) is 30.9 Å². The number of nitrogens with zero attached hydrogens (tertiary/aromatic N) is 2. The first-order valence-corrected chi connectivity index (χ1v) is 10.4. The molecule has 0 bridgehead atoms. The van der Waals surface area contributed by atoms with Gasteiger partial charge >= 0.3 is 6.09 Å². The second-order valence-electron chi connectivity index (χ2n) is 7.52. The molecule has 28 heavy (non-hydrogen) atoms. The van der Waals surface area contributed by atoms with Crippen molar-refractivity contribution < 1.29 is 14.3 Å². The lowest BCUT2D eigenvalue weighted by molar-refractivity contribution is -0.134. The first-order chi connectivity index (χ1) is 13.4. The van der Waals surface area contributed by atoms with E-state index in [1.54, 1.807) is 0 Å². The lowest BCUT2D eigenvalue weighted by Gasteiger charge is -2.31. The number of amidine groups is 1. The molecule has 0 radical (unpaired) electrons. The molecule has 3 atom stereocenters. The van der Waals surface area contributed by atoms with Gasteiger partial charge in [-0.25, -0.2) is 4.79 Å². The molecule has 0 aliphatic carbocycles. The Morgan fingerprint density at radius 3 is 2.68 bits per heavy atom. The molecule has 1 saturated heterocycles. The zero-order valence-corrected chi connectivity index (χ0v) is 18.0. The van der Waals surface area contributed by atoms with E-state index in [0.717, 1.165) is 23.1 Å². The lowest BCUT2D eigenvalue weighted by atomic mass is 10.0. The minimum atomic E-state index is -0.614. The van der Waals surface area contributed by atoms with Gasteiger partial charge in [0.05, 0.1) is 25.7 Å². The maximum Gasteiger partial charge on any atom is 0.407 e. The van der Waals surface area contributed by atoms with Crippen molar-refractivity contribution in [3.63, 3.8) is 0 Å². The predicted octanol–water partition coefficient (Wildman–Crippen LogP) is 2.86. The normalized spacial score (nSPS) is 22.6. The quantitative estimate of drug-likeness (QED) is 0.722. The van der Waals surface area contributed by atoms with Crippen LogP contribution < -0.4 is 10.6 Å². The van der Waals surface area contributed by atoms with Crippen molar-refractivity contribution >= 4 is 33.8 Å². The van der Waals surface area contributed by atoms with E-state index in [1.165, 1.54) is 12.7 Å². The third-order valence-corrected chi connectivity index (χ3v) is 5.81. The summed E-state index contributed by atoms with van der Waals surface area (Å²) >= 11 is 3.46. The average molecular weight is 451 g/mol. The molecule has 1 aromatic rings. The fourth-order valence-electron chi connectivity index (χ4n) is 3.74. The van der Waals surface area contributed by atoms with Crippen LogP contribution in [0.3, 0.4) is 0 Å². The van der Waals surface area contributed by atoms with Crippen molar-refractivity contribution in [3.05, 3.63) is 34.3 Å². The van der Waals surface area contributed by atoms with E-state index in [0.29, 0.717) is 13.1 Å². The molecule has 2 N–H and O–H groups in total. The van der Waals surface area contributed by atoms with Crippen molar-refractivity contribution in [1.29, 1.82) is 0 Å². The van der Waals surface area contributed by atoms with Crippen LogP contribution in [0.15, 0.2) is 33.7 Å². The van der Waals surface area contributed by atoms with Gasteiger partial charge in [0.2, 0.25) is 5.91 Å². The molecule has 2 heterocycles. The first kappa shape index (κ1) is 20.6.